The first-order valence-electron chi connectivity index (χ1n) is 5.82. The molecule has 0 bridgehead atoms. The zero-order valence-electron chi connectivity index (χ0n) is 11.1. The lowest BCUT2D eigenvalue weighted by atomic mass is 10.0. The highest BCUT2D eigenvalue weighted by atomic mass is 16.5. The maximum Gasteiger partial charge on any atom is 0.332 e. The molecule has 0 aliphatic rings. The standard InChI is InChI=1S/C11H19NO8/c1-5(11(18)19)20-10(9(17)8(16)4-14)7(3-13)12-6(2)15/h3,5,7-10,14,16-17H,4H2,1-2H3,(H,12,15)(H,18,19)/t5-,7-,8+,9-,10-/m1/s1. The SMILES string of the molecule is CC(=O)N[C@H](C=O)[C@@H](O[C@H](C)C(=O)O)[C@H](O)[C@@H](O)CO. The Bertz CT molecular complexity index is 347. The molecule has 0 unspecified atom stereocenters. The Labute approximate surface area is 115 Å². The molecule has 0 aromatic rings. The van der Waals surface area contributed by atoms with E-state index in [2.05, 4.69) is 5.32 Å². The highest BCUT2D eigenvalue weighted by molar-refractivity contribution is 5.77. The minimum atomic E-state index is -1.76. The third-order valence-corrected chi connectivity index (χ3v) is 2.50. The van der Waals surface area contributed by atoms with Crippen molar-refractivity contribution in [3.63, 3.8) is 0 Å². The Hall–Kier alpha value is -1.55. The average molecular weight is 293 g/mol. The van der Waals surface area contributed by atoms with E-state index in [1.807, 2.05) is 0 Å². The third kappa shape index (κ3) is 5.61. The average Bonchev–Trinajstić information content (AvgIpc) is 2.39. The Morgan fingerprint density at radius 2 is 1.90 bits per heavy atom. The van der Waals surface area contributed by atoms with Crippen LogP contribution < -0.4 is 5.32 Å². The van der Waals surface area contributed by atoms with Crippen molar-refractivity contribution < 1.29 is 39.5 Å². The van der Waals surface area contributed by atoms with Crippen molar-refractivity contribution in [3.05, 3.63) is 0 Å². The first-order chi connectivity index (χ1) is 9.24. The maximum absolute atomic E-state index is 11.0. The van der Waals surface area contributed by atoms with Gasteiger partial charge in [0.1, 0.15) is 30.6 Å². The molecule has 116 valence electrons. The summed E-state index contributed by atoms with van der Waals surface area (Å²) in [7, 11) is 0. The summed E-state index contributed by atoms with van der Waals surface area (Å²) in [4.78, 5) is 32.7. The molecule has 0 radical (unpaired) electrons. The summed E-state index contributed by atoms with van der Waals surface area (Å²) in [5.74, 6) is -1.96. The topological polar surface area (TPSA) is 153 Å². The monoisotopic (exact) mass is 293 g/mol. The van der Waals surface area contributed by atoms with Crippen molar-refractivity contribution in [1.82, 2.24) is 5.32 Å². The molecule has 0 aromatic heterocycles. The maximum atomic E-state index is 11.0. The third-order valence-electron chi connectivity index (χ3n) is 2.50. The molecule has 0 aliphatic heterocycles. The van der Waals surface area contributed by atoms with Crippen LogP contribution in [0, 0.1) is 0 Å². The van der Waals surface area contributed by atoms with Crippen LogP contribution in [-0.2, 0) is 19.1 Å². The fourth-order valence-corrected chi connectivity index (χ4v) is 1.43. The number of nitrogens with one attached hydrogen (secondary N) is 1. The van der Waals surface area contributed by atoms with E-state index in [9.17, 15) is 24.6 Å². The molecule has 0 saturated carbocycles. The number of rotatable bonds is 9. The number of carboxylic acids is 1. The zero-order valence-corrected chi connectivity index (χ0v) is 11.1. The lowest BCUT2D eigenvalue weighted by molar-refractivity contribution is -0.168. The summed E-state index contributed by atoms with van der Waals surface area (Å²) in [6.07, 6.45) is -6.09. The van der Waals surface area contributed by atoms with Gasteiger partial charge in [-0.15, -0.1) is 0 Å². The van der Waals surface area contributed by atoms with Crippen molar-refractivity contribution in [3.8, 4) is 0 Å². The molecule has 5 atom stereocenters. The van der Waals surface area contributed by atoms with Crippen LogP contribution >= 0.6 is 0 Å². The second-order valence-corrected chi connectivity index (χ2v) is 4.18. The van der Waals surface area contributed by atoms with Crippen LogP contribution in [0.3, 0.4) is 0 Å². The summed E-state index contributed by atoms with van der Waals surface area (Å²) in [5.41, 5.74) is 0. The van der Waals surface area contributed by atoms with Gasteiger partial charge in [0.15, 0.2) is 6.10 Å². The smallest absolute Gasteiger partial charge is 0.332 e. The molecule has 5 N–H and O–H groups in total. The molecule has 20 heavy (non-hydrogen) atoms. The number of aliphatic carboxylic acids is 1. The van der Waals surface area contributed by atoms with Gasteiger partial charge in [0.05, 0.1) is 6.61 Å². The minimum Gasteiger partial charge on any atom is -0.479 e. The summed E-state index contributed by atoms with van der Waals surface area (Å²) in [6.45, 7) is 1.44. The molecule has 9 heteroatoms. The first-order valence-corrected chi connectivity index (χ1v) is 5.82. The van der Waals surface area contributed by atoms with Crippen molar-refractivity contribution in [2.45, 2.75) is 44.3 Å². The van der Waals surface area contributed by atoms with Crippen molar-refractivity contribution in [2.24, 2.45) is 0 Å². The van der Waals surface area contributed by atoms with Crippen molar-refractivity contribution in [2.75, 3.05) is 6.61 Å². The Kier molecular flexibility index (Phi) is 7.92. The molecule has 9 nitrogen and oxygen atoms in total. The van der Waals surface area contributed by atoms with Gasteiger partial charge in [0.25, 0.3) is 0 Å². The summed E-state index contributed by atoms with van der Waals surface area (Å²) >= 11 is 0. The quantitative estimate of drug-likeness (QED) is 0.287. The van der Waals surface area contributed by atoms with E-state index in [4.69, 9.17) is 14.9 Å². The van der Waals surface area contributed by atoms with Crippen LogP contribution in [-0.4, -0.2) is 75.7 Å². The molecule has 0 fully saturated rings. The van der Waals surface area contributed by atoms with E-state index in [1.165, 1.54) is 0 Å². The van der Waals surface area contributed by atoms with Crippen LogP contribution in [0.5, 0.6) is 0 Å². The second-order valence-electron chi connectivity index (χ2n) is 4.18. The number of ether oxygens (including phenoxy) is 1. The summed E-state index contributed by atoms with van der Waals surface area (Å²) in [5, 5.41) is 38.8. The van der Waals surface area contributed by atoms with E-state index in [1.54, 1.807) is 0 Å². The highest BCUT2D eigenvalue weighted by Gasteiger charge is 2.36. The van der Waals surface area contributed by atoms with E-state index in [0.29, 0.717) is 0 Å². The molecular formula is C11H19NO8. The number of carbonyl (C=O) groups excluding carboxylic acids is 2. The van der Waals surface area contributed by atoms with E-state index in [0.717, 1.165) is 13.8 Å². The van der Waals surface area contributed by atoms with Crippen molar-refractivity contribution in [1.29, 1.82) is 0 Å². The lowest BCUT2D eigenvalue weighted by Crippen LogP contribution is -2.55. The van der Waals surface area contributed by atoms with E-state index < -0.39 is 48.9 Å². The first kappa shape index (κ1) is 18.4. The number of hydrogen-bond donors (Lipinski definition) is 5. The molecule has 0 aromatic carbocycles. The number of carboxylic acid groups (broad SMARTS) is 1. The summed E-state index contributed by atoms with van der Waals surface area (Å²) in [6, 6.07) is -1.37. The Morgan fingerprint density at radius 3 is 2.25 bits per heavy atom. The van der Waals surface area contributed by atoms with Gasteiger partial charge in [-0.05, 0) is 6.92 Å². The van der Waals surface area contributed by atoms with Gasteiger partial charge in [-0.3, -0.25) is 4.79 Å². The number of aldehydes is 1. The Balaban J connectivity index is 5.15. The molecular weight excluding hydrogens is 274 g/mol. The van der Waals surface area contributed by atoms with Crippen LogP contribution in [0.4, 0.5) is 0 Å². The minimum absolute atomic E-state index is 0.244. The number of aliphatic hydroxyl groups excluding tert-OH is 3. The fraction of sp³-hybridized carbons (Fsp3) is 0.727. The van der Waals surface area contributed by atoms with Crippen molar-refractivity contribution >= 4 is 18.2 Å². The molecule has 0 aliphatic carbocycles. The highest BCUT2D eigenvalue weighted by Crippen LogP contribution is 2.12. The zero-order chi connectivity index (χ0) is 15.9. The summed E-state index contributed by atoms with van der Waals surface area (Å²) < 4.78 is 4.98. The van der Waals surface area contributed by atoms with E-state index in [-0.39, 0.29) is 6.29 Å². The van der Waals surface area contributed by atoms with E-state index >= 15 is 0 Å². The van der Waals surface area contributed by atoms with Gasteiger partial charge in [-0.2, -0.15) is 0 Å². The predicted molar refractivity (Wildman–Crippen MR) is 64.7 cm³/mol. The fourth-order valence-electron chi connectivity index (χ4n) is 1.43. The van der Waals surface area contributed by atoms with Crippen LogP contribution in [0.15, 0.2) is 0 Å². The predicted octanol–water partition coefficient (Wildman–Crippen LogP) is -2.74. The molecule has 1 amide bonds. The molecule has 0 spiro atoms. The number of hydrogen-bond acceptors (Lipinski definition) is 7. The Morgan fingerprint density at radius 1 is 1.35 bits per heavy atom. The van der Waals surface area contributed by atoms with Gasteiger partial charge < -0.3 is 35.3 Å². The van der Waals surface area contributed by atoms with Gasteiger partial charge in [-0.25, -0.2) is 4.79 Å². The normalized spacial score (nSPS) is 18.4. The van der Waals surface area contributed by atoms with Crippen LogP contribution in [0.1, 0.15) is 13.8 Å². The van der Waals surface area contributed by atoms with Gasteiger partial charge in [-0.1, -0.05) is 0 Å². The van der Waals surface area contributed by atoms with Crippen LogP contribution in [0.25, 0.3) is 0 Å². The van der Waals surface area contributed by atoms with Gasteiger partial charge in [0.2, 0.25) is 5.91 Å². The van der Waals surface area contributed by atoms with Crippen LogP contribution in [0.2, 0.25) is 0 Å². The second kappa shape index (κ2) is 8.59. The largest absolute Gasteiger partial charge is 0.479 e. The lowest BCUT2D eigenvalue weighted by Gasteiger charge is -2.31. The molecule has 0 saturated heterocycles. The molecule has 0 heterocycles. The molecule has 0 rings (SSSR count). The van der Waals surface area contributed by atoms with Gasteiger partial charge in [0, 0.05) is 6.92 Å². The number of aliphatic hydroxyl groups is 3. The van der Waals surface area contributed by atoms with Gasteiger partial charge >= 0.3 is 5.97 Å². The number of carbonyl (C=O) groups is 3. The number of amides is 1.